The number of rotatable bonds is 2. The Kier molecular flexibility index (Phi) is 3.33. The highest BCUT2D eigenvalue weighted by atomic mass is 16.3. The molecule has 0 saturated heterocycles. The van der Waals surface area contributed by atoms with Crippen molar-refractivity contribution >= 4 is 12.0 Å². The summed E-state index contributed by atoms with van der Waals surface area (Å²) in [6, 6.07) is 7.92. The standard InChI is InChI=1S/C13H13N3O3/c1-15-11(7-12(18)16(2)13(15)19)14-8-9-5-3-4-6-10(9)17/h3-8,17H,1-2H3/b14-8+. The Hall–Kier alpha value is -2.63. The van der Waals surface area contributed by atoms with Gasteiger partial charge in [-0.05, 0) is 12.1 Å². The fraction of sp³-hybridized carbons (Fsp3) is 0.154. The van der Waals surface area contributed by atoms with E-state index in [2.05, 4.69) is 4.99 Å². The van der Waals surface area contributed by atoms with Crippen molar-refractivity contribution in [2.24, 2.45) is 19.1 Å². The van der Waals surface area contributed by atoms with Crippen LogP contribution in [0.15, 0.2) is 44.9 Å². The van der Waals surface area contributed by atoms with E-state index in [9.17, 15) is 14.7 Å². The van der Waals surface area contributed by atoms with E-state index in [0.29, 0.717) is 5.56 Å². The van der Waals surface area contributed by atoms with Crippen LogP contribution < -0.4 is 11.2 Å². The van der Waals surface area contributed by atoms with Gasteiger partial charge in [-0.2, -0.15) is 0 Å². The number of nitrogens with zero attached hydrogens (tertiary/aromatic N) is 3. The quantitative estimate of drug-likeness (QED) is 0.800. The van der Waals surface area contributed by atoms with Crippen LogP contribution in [0.1, 0.15) is 5.56 Å². The third kappa shape index (κ3) is 2.47. The SMILES string of the molecule is Cn1c(/N=C/c2ccccc2O)cc(=O)n(C)c1=O. The normalized spacial score (nSPS) is 11.1. The number of phenols is 1. The van der Waals surface area contributed by atoms with Crippen LogP contribution in [0.5, 0.6) is 5.75 Å². The molecule has 1 heterocycles. The van der Waals surface area contributed by atoms with E-state index in [1.807, 2.05) is 0 Å². The molecule has 2 rings (SSSR count). The summed E-state index contributed by atoms with van der Waals surface area (Å²) in [5.41, 5.74) is -0.361. The largest absolute Gasteiger partial charge is 0.507 e. The van der Waals surface area contributed by atoms with Crippen LogP contribution in [0.2, 0.25) is 0 Å². The van der Waals surface area contributed by atoms with Crippen molar-refractivity contribution < 1.29 is 5.11 Å². The molecule has 0 unspecified atom stereocenters. The molecule has 0 bridgehead atoms. The van der Waals surface area contributed by atoms with Crippen molar-refractivity contribution in [1.82, 2.24) is 9.13 Å². The summed E-state index contributed by atoms with van der Waals surface area (Å²) in [5, 5.41) is 9.59. The Balaban J connectivity index is 2.48. The first kappa shape index (κ1) is 12.8. The first-order valence-corrected chi connectivity index (χ1v) is 5.60. The van der Waals surface area contributed by atoms with Crippen molar-refractivity contribution in [2.45, 2.75) is 0 Å². The lowest BCUT2D eigenvalue weighted by atomic mass is 10.2. The van der Waals surface area contributed by atoms with Gasteiger partial charge < -0.3 is 5.11 Å². The summed E-state index contributed by atoms with van der Waals surface area (Å²) >= 11 is 0. The van der Waals surface area contributed by atoms with Gasteiger partial charge in [0, 0.05) is 31.9 Å². The van der Waals surface area contributed by atoms with E-state index in [-0.39, 0.29) is 11.6 Å². The Morgan fingerprint density at radius 1 is 1.16 bits per heavy atom. The average molecular weight is 259 g/mol. The van der Waals surface area contributed by atoms with Gasteiger partial charge in [0.1, 0.15) is 11.6 Å². The lowest BCUT2D eigenvalue weighted by Crippen LogP contribution is -2.35. The van der Waals surface area contributed by atoms with E-state index in [0.717, 1.165) is 4.57 Å². The average Bonchev–Trinajstić information content (AvgIpc) is 2.40. The van der Waals surface area contributed by atoms with Gasteiger partial charge in [-0.15, -0.1) is 0 Å². The molecule has 0 aliphatic rings. The van der Waals surface area contributed by atoms with E-state index >= 15 is 0 Å². The highest BCUT2D eigenvalue weighted by Gasteiger charge is 2.04. The van der Waals surface area contributed by atoms with Crippen molar-refractivity contribution in [3.05, 3.63) is 56.7 Å². The Morgan fingerprint density at radius 2 is 1.84 bits per heavy atom. The molecule has 2 aromatic rings. The minimum Gasteiger partial charge on any atom is -0.507 e. The molecule has 1 N–H and O–H groups in total. The molecular formula is C13H13N3O3. The third-order valence-corrected chi connectivity index (χ3v) is 2.77. The second-order valence-corrected chi connectivity index (χ2v) is 4.06. The monoisotopic (exact) mass is 259 g/mol. The zero-order valence-electron chi connectivity index (χ0n) is 10.6. The summed E-state index contributed by atoms with van der Waals surface area (Å²) in [5.74, 6) is 0.316. The highest BCUT2D eigenvalue weighted by Crippen LogP contribution is 2.14. The molecule has 1 aromatic carbocycles. The molecule has 6 heteroatoms. The molecule has 0 aliphatic heterocycles. The number of hydrogen-bond acceptors (Lipinski definition) is 4. The lowest BCUT2D eigenvalue weighted by molar-refractivity contribution is 0.474. The molecule has 0 atom stereocenters. The second kappa shape index (κ2) is 4.93. The predicted molar refractivity (Wildman–Crippen MR) is 72.3 cm³/mol. The van der Waals surface area contributed by atoms with Crippen LogP contribution in [-0.4, -0.2) is 20.5 Å². The molecule has 0 fully saturated rings. The molecule has 0 amide bonds. The van der Waals surface area contributed by atoms with E-state index < -0.39 is 11.2 Å². The van der Waals surface area contributed by atoms with Crippen molar-refractivity contribution in [1.29, 1.82) is 0 Å². The molecule has 1 aromatic heterocycles. The van der Waals surface area contributed by atoms with Crippen LogP contribution in [0.25, 0.3) is 0 Å². The van der Waals surface area contributed by atoms with Crippen LogP contribution in [-0.2, 0) is 14.1 Å². The van der Waals surface area contributed by atoms with E-state index in [1.165, 1.54) is 37.0 Å². The molecule has 0 saturated carbocycles. The van der Waals surface area contributed by atoms with E-state index in [1.54, 1.807) is 18.2 Å². The predicted octanol–water partition coefficient (Wildman–Crippen LogP) is 0.540. The Morgan fingerprint density at radius 3 is 2.53 bits per heavy atom. The maximum Gasteiger partial charge on any atom is 0.332 e. The number of hydrogen-bond donors (Lipinski definition) is 1. The molecular weight excluding hydrogens is 246 g/mol. The number of aliphatic imine (C=N–C) groups is 1. The van der Waals surface area contributed by atoms with Gasteiger partial charge >= 0.3 is 5.69 Å². The molecule has 19 heavy (non-hydrogen) atoms. The molecule has 6 nitrogen and oxygen atoms in total. The summed E-state index contributed by atoms with van der Waals surface area (Å²) < 4.78 is 2.26. The number of phenolic OH excluding ortho intramolecular Hbond substituents is 1. The Labute approximate surface area is 108 Å². The maximum absolute atomic E-state index is 11.7. The van der Waals surface area contributed by atoms with Crippen LogP contribution in [0, 0.1) is 0 Å². The maximum atomic E-state index is 11.7. The highest BCUT2D eigenvalue weighted by molar-refractivity contribution is 5.84. The van der Waals surface area contributed by atoms with E-state index in [4.69, 9.17) is 0 Å². The molecule has 0 radical (unpaired) electrons. The second-order valence-electron chi connectivity index (χ2n) is 4.06. The topological polar surface area (TPSA) is 76.6 Å². The van der Waals surface area contributed by atoms with Gasteiger partial charge in [0.05, 0.1) is 0 Å². The van der Waals surface area contributed by atoms with Gasteiger partial charge in [0.2, 0.25) is 0 Å². The number of para-hydroxylation sites is 1. The minimum atomic E-state index is -0.447. The third-order valence-electron chi connectivity index (χ3n) is 2.77. The number of aromatic nitrogens is 2. The zero-order valence-corrected chi connectivity index (χ0v) is 10.6. The summed E-state index contributed by atoms with van der Waals surface area (Å²) in [4.78, 5) is 27.3. The van der Waals surface area contributed by atoms with Crippen LogP contribution in [0.4, 0.5) is 5.82 Å². The van der Waals surface area contributed by atoms with Gasteiger partial charge in [-0.3, -0.25) is 13.9 Å². The summed E-state index contributed by atoms with van der Waals surface area (Å²) in [6.07, 6.45) is 1.41. The van der Waals surface area contributed by atoms with Gasteiger partial charge in [-0.1, -0.05) is 12.1 Å². The number of aromatic hydroxyl groups is 1. The molecule has 0 spiro atoms. The summed E-state index contributed by atoms with van der Waals surface area (Å²) in [7, 11) is 2.93. The van der Waals surface area contributed by atoms with Crippen molar-refractivity contribution in [3.63, 3.8) is 0 Å². The van der Waals surface area contributed by atoms with Crippen molar-refractivity contribution in [2.75, 3.05) is 0 Å². The number of benzene rings is 1. The van der Waals surface area contributed by atoms with Gasteiger partial charge in [0.15, 0.2) is 0 Å². The van der Waals surface area contributed by atoms with Crippen molar-refractivity contribution in [3.8, 4) is 5.75 Å². The lowest BCUT2D eigenvalue weighted by Gasteiger charge is -2.04. The smallest absolute Gasteiger partial charge is 0.332 e. The zero-order chi connectivity index (χ0) is 14.0. The van der Waals surface area contributed by atoms with Gasteiger partial charge in [0.25, 0.3) is 5.56 Å². The fourth-order valence-corrected chi connectivity index (χ4v) is 1.58. The summed E-state index contributed by atoms with van der Waals surface area (Å²) in [6.45, 7) is 0. The minimum absolute atomic E-state index is 0.0834. The van der Waals surface area contributed by atoms with Crippen LogP contribution >= 0.6 is 0 Å². The first-order valence-electron chi connectivity index (χ1n) is 5.60. The molecule has 98 valence electrons. The van der Waals surface area contributed by atoms with Crippen LogP contribution in [0.3, 0.4) is 0 Å². The fourth-order valence-electron chi connectivity index (χ4n) is 1.58. The van der Waals surface area contributed by atoms with Gasteiger partial charge in [-0.25, -0.2) is 9.79 Å². The Bertz CT molecular complexity index is 756. The molecule has 0 aliphatic carbocycles. The first-order chi connectivity index (χ1) is 9.00.